The lowest BCUT2D eigenvalue weighted by molar-refractivity contribution is 0.324. The summed E-state index contributed by atoms with van der Waals surface area (Å²) >= 11 is 0. The Morgan fingerprint density at radius 3 is 2.00 bits per heavy atom. The second-order valence-electron chi connectivity index (χ2n) is 4.57. The molecule has 3 rings (SSSR count). The average Bonchev–Trinajstić information content (AvgIpc) is 3.10. The highest BCUT2D eigenvalue weighted by Crippen LogP contribution is 2.42. The van der Waals surface area contributed by atoms with Crippen molar-refractivity contribution in [2.75, 3.05) is 21.3 Å². The van der Waals surface area contributed by atoms with Gasteiger partial charge in [-0.3, -0.25) is 0 Å². The molecule has 0 radical (unpaired) electrons. The molecule has 0 aliphatic carbocycles. The Balaban J connectivity index is 2.15. The summed E-state index contributed by atoms with van der Waals surface area (Å²) in [7, 11) is 4.69. The summed E-state index contributed by atoms with van der Waals surface area (Å²) < 4.78 is 16.1. The van der Waals surface area contributed by atoms with E-state index in [-0.39, 0.29) is 0 Å². The summed E-state index contributed by atoms with van der Waals surface area (Å²) in [4.78, 5) is 0. The third-order valence-electron chi connectivity index (χ3n) is 3.34. The van der Waals surface area contributed by atoms with E-state index in [0.29, 0.717) is 28.6 Å². The molecule has 0 atom stereocenters. The third kappa shape index (κ3) is 2.66. The fraction of sp³-hybridized carbons (Fsp3) is 0.200. The summed E-state index contributed by atoms with van der Waals surface area (Å²) in [5, 5.41) is 18.7. The van der Waals surface area contributed by atoms with Crippen molar-refractivity contribution in [1.29, 1.82) is 0 Å². The van der Waals surface area contributed by atoms with Crippen LogP contribution in [0.25, 0.3) is 22.5 Å². The van der Waals surface area contributed by atoms with Crippen LogP contribution in [0.4, 0.5) is 0 Å². The zero-order chi connectivity index (χ0) is 16.2. The summed E-state index contributed by atoms with van der Waals surface area (Å²) in [6.45, 7) is 0. The SMILES string of the molecule is COc1cc(-c2n[nH]nc2-c2ccnnc2)cc(OC)c1OC. The van der Waals surface area contributed by atoms with E-state index in [1.54, 1.807) is 33.7 Å². The number of benzene rings is 1. The molecule has 0 amide bonds. The van der Waals surface area contributed by atoms with Gasteiger partial charge < -0.3 is 14.2 Å². The van der Waals surface area contributed by atoms with Gasteiger partial charge in [0, 0.05) is 11.1 Å². The standard InChI is InChI=1S/C15H15N5O3/c1-21-11-6-10(7-12(22-2)15(11)23-3)14-13(18-20-19-14)9-4-5-16-17-8-9/h4-8H,1-3H3,(H,18,19,20). The molecule has 118 valence electrons. The first-order chi connectivity index (χ1) is 11.3. The van der Waals surface area contributed by atoms with Crippen LogP contribution in [0.2, 0.25) is 0 Å². The quantitative estimate of drug-likeness (QED) is 0.769. The maximum atomic E-state index is 5.38. The molecule has 0 aliphatic rings. The molecule has 23 heavy (non-hydrogen) atoms. The van der Waals surface area contributed by atoms with Crippen molar-refractivity contribution in [3.63, 3.8) is 0 Å². The highest BCUT2D eigenvalue weighted by Gasteiger charge is 2.19. The minimum Gasteiger partial charge on any atom is -0.493 e. The number of ether oxygens (including phenoxy) is 3. The number of methoxy groups -OCH3 is 3. The Morgan fingerprint density at radius 2 is 1.48 bits per heavy atom. The van der Waals surface area contributed by atoms with E-state index >= 15 is 0 Å². The largest absolute Gasteiger partial charge is 0.493 e. The van der Waals surface area contributed by atoms with Crippen molar-refractivity contribution >= 4 is 0 Å². The smallest absolute Gasteiger partial charge is 0.203 e. The van der Waals surface area contributed by atoms with E-state index in [0.717, 1.165) is 11.1 Å². The highest BCUT2D eigenvalue weighted by atomic mass is 16.5. The molecule has 2 aromatic heterocycles. The van der Waals surface area contributed by atoms with Crippen LogP contribution < -0.4 is 14.2 Å². The van der Waals surface area contributed by atoms with Gasteiger partial charge in [0.1, 0.15) is 11.4 Å². The predicted octanol–water partition coefficient (Wildman–Crippen LogP) is 1.95. The Bertz CT molecular complexity index is 779. The Morgan fingerprint density at radius 1 is 0.826 bits per heavy atom. The first-order valence-corrected chi connectivity index (χ1v) is 6.76. The lowest BCUT2D eigenvalue weighted by Crippen LogP contribution is -1.96. The second kappa shape index (κ2) is 6.30. The molecule has 0 saturated heterocycles. The van der Waals surface area contributed by atoms with Crippen molar-refractivity contribution in [2.24, 2.45) is 0 Å². The molecule has 1 aromatic carbocycles. The number of nitrogens with one attached hydrogen (secondary N) is 1. The molecule has 0 aliphatic heterocycles. The number of aromatic amines is 1. The molecule has 0 unspecified atom stereocenters. The van der Waals surface area contributed by atoms with Gasteiger partial charge in [0.2, 0.25) is 5.75 Å². The molecule has 0 spiro atoms. The number of hydrogen-bond acceptors (Lipinski definition) is 7. The summed E-state index contributed by atoms with van der Waals surface area (Å²) in [5.41, 5.74) is 2.89. The van der Waals surface area contributed by atoms with Crippen LogP contribution in [0.3, 0.4) is 0 Å². The average molecular weight is 313 g/mol. The molecule has 8 nitrogen and oxygen atoms in total. The first-order valence-electron chi connectivity index (χ1n) is 6.76. The van der Waals surface area contributed by atoms with Crippen molar-refractivity contribution in [2.45, 2.75) is 0 Å². The van der Waals surface area contributed by atoms with Crippen molar-refractivity contribution < 1.29 is 14.2 Å². The fourth-order valence-corrected chi connectivity index (χ4v) is 2.28. The first kappa shape index (κ1) is 14.8. The number of hydrogen-bond donors (Lipinski definition) is 1. The van der Waals surface area contributed by atoms with Gasteiger partial charge in [-0.2, -0.15) is 25.6 Å². The normalized spacial score (nSPS) is 10.4. The number of rotatable bonds is 5. The Kier molecular flexibility index (Phi) is 4.05. The van der Waals surface area contributed by atoms with Gasteiger partial charge in [-0.25, -0.2) is 0 Å². The second-order valence-corrected chi connectivity index (χ2v) is 4.57. The van der Waals surface area contributed by atoms with Crippen LogP contribution in [0, 0.1) is 0 Å². The summed E-state index contributed by atoms with van der Waals surface area (Å²) in [6.07, 6.45) is 3.22. The van der Waals surface area contributed by atoms with Crippen LogP contribution in [0.15, 0.2) is 30.6 Å². The van der Waals surface area contributed by atoms with Gasteiger partial charge >= 0.3 is 0 Å². The van der Waals surface area contributed by atoms with Gasteiger partial charge in [0.15, 0.2) is 11.5 Å². The van der Waals surface area contributed by atoms with Gasteiger partial charge in [-0.05, 0) is 18.2 Å². The van der Waals surface area contributed by atoms with Crippen LogP contribution in [0.1, 0.15) is 0 Å². The van der Waals surface area contributed by atoms with Crippen molar-refractivity contribution in [1.82, 2.24) is 25.6 Å². The number of nitrogens with zero attached hydrogens (tertiary/aromatic N) is 4. The maximum absolute atomic E-state index is 5.38. The molecule has 3 aromatic rings. The Hall–Kier alpha value is -3.16. The van der Waals surface area contributed by atoms with Crippen LogP contribution >= 0.6 is 0 Å². The molecular weight excluding hydrogens is 298 g/mol. The molecule has 0 fully saturated rings. The number of aromatic nitrogens is 5. The van der Waals surface area contributed by atoms with E-state index in [2.05, 4.69) is 25.6 Å². The molecule has 0 bridgehead atoms. The third-order valence-corrected chi connectivity index (χ3v) is 3.34. The molecule has 0 saturated carbocycles. The predicted molar refractivity (Wildman–Crippen MR) is 82.5 cm³/mol. The van der Waals surface area contributed by atoms with Gasteiger partial charge in [0.25, 0.3) is 0 Å². The Labute approximate surface area is 132 Å². The van der Waals surface area contributed by atoms with E-state index in [4.69, 9.17) is 14.2 Å². The highest BCUT2D eigenvalue weighted by molar-refractivity contribution is 5.79. The van der Waals surface area contributed by atoms with Gasteiger partial charge in [0.05, 0.1) is 33.7 Å². The minimum atomic E-state index is 0.523. The van der Waals surface area contributed by atoms with Crippen LogP contribution in [0.5, 0.6) is 17.2 Å². The van der Waals surface area contributed by atoms with Crippen LogP contribution in [-0.4, -0.2) is 46.9 Å². The fourth-order valence-electron chi connectivity index (χ4n) is 2.28. The lowest BCUT2D eigenvalue weighted by atomic mass is 10.1. The number of H-pyrrole nitrogens is 1. The van der Waals surface area contributed by atoms with E-state index in [1.165, 1.54) is 0 Å². The van der Waals surface area contributed by atoms with Gasteiger partial charge in [-0.1, -0.05) is 0 Å². The zero-order valence-corrected chi connectivity index (χ0v) is 12.9. The van der Waals surface area contributed by atoms with Gasteiger partial charge in [-0.15, -0.1) is 0 Å². The monoisotopic (exact) mass is 313 g/mol. The van der Waals surface area contributed by atoms with E-state index in [9.17, 15) is 0 Å². The van der Waals surface area contributed by atoms with E-state index in [1.807, 2.05) is 18.2 Å². The summed E-state index contributed by atoms with van der Waals surface area (Å²) in [6, 6.07) is 5.45. The van der Waals surface area contributed by atoms with Crippen molar-refractivity contribution in [3.05, 3.63) is 30.6 Å². The molecule has 1 N–H and O–H groups in total. The lowest BCUT2D eigenvalue weighted by Gasteiger charge is -2.13. The minimum absolute atomic E-state index is 0.523. The van der Waals surface area contributed by atoms with Crippen molar-refractivity contribution in [3.8, 4) is 39.8 Å². The van der Waals surface area contributed by atoms with E-state index < -0.39 is 0 Å². The molecule has 2 heterocycles. The zero-order valence-electron chi connectivity index (χ0n) is 12.9. The molecular formula is C15H15N5O3. The topological polar surface area (TPSA) is 95.0 Å². The van der Waals surface area contributed by atoms with Crippen LogP contribution in [-0.2, 0) is 0 Å². The molecule has 8 heteroatoms. The summed E-state index contributed by atoms with van der Waals surface area (Å²) in [5.74, 6) is 1.61. The maximum Gasteiger partial charge on any atom is 0.203 e.